The summed E-state index contributed by atoms with van der Waals surface area (Å²) >= 11 is 0. The van der Waals surface area contributed by atoms with Crippen LogP contribution in [0.1, 0.15) is 38.3 Å². The summed E-state index contributed by atoms with van der Waals surface area (Å²) < 4.78 is 0. The second-order valence-electron chi connectivity index (χ2n) is 5.75. The van der Waals surface area contributed by atoms with Gasteiger partial charge in [0, 0.05) is 37.4 Å². The summed E-state index contributed by atoms with van der Waals surface area (Å²) in [6.45, 7) is 6.09. The summed E-state index contributed by atoms with van der Waals surface area (Å²) in [5.74, 6) is 0.586. The first-order chi connectivity index (χ1) is 10.6. The molecule has 1 saturated heterocycles. The van der Waals surface area contributed by atoms with Crippen LogP contribution in [0.2, 0.25) is 0 Å². The molecule has 0 saturated carbocycles. The van der Waals surface area contributed by atoms with E-state index in [0.717, 1.165) is 32.2 Å². The molecule has 1 aromatic rings. The number of unbranched alkanes of at least 4 members (excludes halogenated alkanes) is 1. The molecule has 3 N–H and O–H groups in total. The summed E-state index contributed by atoms with van der Waals surface area (Å²) in [4.78, 5) is 32.5. The van der Waals surface area contributed by atoms with Crippen LogP contribution in [0.25, 0.3) is 0 Å². The Morgan fingerprint density at radius 2 is 2.36 bits per heavy atom. The highest BCUT2D eigenvalue weighted by Crippen LogP contribution is 2.15. The molecule has 0 bridgehead atoms. The maximum absolute atomic E-state index is 11.8. The number of rotatable bonds is 5. The molecular formula is C15H25N5O2. The molecule has 0 aliphatic carbocycles. The molecule has 7 nitrogen and oxygen atoms in total. The van der Waals surface area contributed by atoms with Crippen LogP contribution in [0.5, 0.6) is 0 Å². The molecule has 1 aliphatic rings. The van der Waals surface area contributed by atoms with Gasteiger partial charge in [-0.1, -0.05) is 13.3 Å². The Bertz CT molecular complexity index is 557. The predicted molar refractivity (Wildman–Crippen MR) is 86.3 cm³/mol. The van der Waals surface area contributed by atoms with E-state index in [9.17, 15) is 9.59 Å². The predicted octanol–water partition coefficient (Wildman–Crippen LogP) is 1.15. The van der Waals surface area contributed by atoms with Crippen LogP contribution in [-0.2, 0) is 0 Å². The fraction of sp³-hybridized carbons (Fsp3) is 0.667. The highest BCUT2D eigenvalue weighted by molar-refractivity contribution is 5.74. The standard InChI is InChI=1S/C15H25N5O2/c1-3-4-7-16-15(22)18-12-6-5-8-20(10-12)14-17-11(2)9-13(21)19-14/h9,12H,3-8,10H2,1-2H3,(H2,16,18,22)(H,17,19,21). The van der Waals surface area contributed by atoms with E-state index in [0.29, 0.717) is 24.7 Å². The number of nitrogens with zero attached hydrogens (tertiary/aromatic N) is 2. The van der Waals surface area contributed by atoms with Gasteiger partial charge in [-0.3, -0.25) is 9.78 Å². The van der Waals surface area contributed by atoms with Crippen molar-refractivity contribution in [2.75, 3.05) is 24.5 Å². The number of piperidine rings is 1. The Morgan fingerprint density at radius 1 is 1.55 bits per heavy atom. The smallest absolute Gasteiger partial charge is 0.315 e. The van der Waals surface area contributed by atoms with E-state index in [-0.39, 0.29) is 17.6 Å². The largest absolute Gasteiger partial charge is 0.340 e. The highest BCUT2D eigenvalue weighted by atomic mass is 16.2. The van der Waals surface area contributed by atoms with Gasteiger partial charge in [0.1, 0.15) is 0 Å². The van der Waals surface area contributed by atoms with Crippen molar-refractivity contribution >= 4 is 12.0 Å². The summed E-state index contributed by atoms with van der Waals surface area (Å²) in [6.07, 6.45) is 3.94. The third-order valence-electron chi connectivity index (χ3n) is 3.73. The van der Waals surface area contributed by atoms with Gasteiger partial charge in [0.2, 0.25) is 5.95 Å². The van der Waals surface area contributed by atoms with Crippen LogP contribution < -0.4 is 21.1 Å². The topological polar surface area (TPSA) is 90.1 Å². The molecule has 1 aliphatic heterocycles. The van der Waals surface area contributed by atoms with Gasteiger partial charge in [-0.25, -0.2) is 9.78 Å². The van der Waals surface area contributed by atoms with Crippen LogP contribution in [0, 0.1) is 6.92 Å². The molecule has 0 spiro atoms. The van der Waals surface area contributed by atoms with E-state index in [4.69, 9.17) is 0 Å². The van der Waals surface area contributed by atoms with E-state index in [1.165, 1.54) is 6.07 Å². The van der Waals surface area contributed by atoms with Crippen molar-refractivity contribution in [3.05, 3.63) is 22.1 Å². The van der Waals surface area contributed by atoms with Crippen LogP contribution in [0.4, 0.5) is 10.7 Å². The minimum Gasteiger partial charge on any atom is -0.340 e. The van der Waals surface area contributed by atoms with E-state index in [1.54, 1.807) is 6.92 Å². The van der Waals surface area contributed by atoms with Crippen molar-refractivity contribution in [1.29, 1.82) is 0 Å². The third kappa shape index (κ3) is 4.75. The lowest BCUT2D eigenvalue weighted by atomic mass is 10.1. The van der Waals surface area contributed by atoms with Gasteiger partial charge < -0.3 is 15.5 Å². The zero-order valence-electron chi connectivity index (χ0n) is 13.3. The molecule has 1 fully saturated rings. The molecule has 2 heterocycles. The second-order valence-corrected chi connectivity index (χ2v) is 5.75. The zero-order chi connectivity index (χ0) is 15.9. The highest BCUT2D eigenvalue weighted by Gasteiger charge is 2.22. The summed E-state index contributed by atoms with van der Waals surface area (Å²) in [7, 11) is 0. The lowest BCUT2D eigenvalue weighted by Gasteiger charge is -2.33. The number of hydrogen-bond donors (Lipinski definition) is 3. The number of aryl methyl sites for hydroxylation is 1. The monoisotopic (exact) mass is 307 g/mol. The number of H-pyrrole nitrogens is 1. The minimum absolute atomic E-state index is 0.0705. The number of amides is 2. The number of carbonyl (C=O) groups is 1. The molecule has 2 rings (SSSR count). The van der Waals surface area contributed by atoms with Crippen LogP contribution in [0.15, 0.2) is 10.9 Å². The van der Waals surface area contributed by atoms with Crippen LogP contribution >= 0.6 is 0 Å². The number of urea groups is 1. The Balaban J connectivity index is 1.91. The molecule has 1 aromatic heterocycles. The number of carbonyl (C=O) groups excluding carboxylic acids is 1. The average Bonchev–Trinajstić information content (AvgIpc) is 2.47. The van der Waals surface area contributed by atoms with Crippen molar-refractivity contribution < 1.29 is 4.79 Å². The zero-order valence-corrected chi connectivity index (χ0v) is 13.3. The Labute approximate surface area is 130 Å². The summed E-state index contributed by atoms with van der Waals surface area (Å²) in [6, 6.07) is 1.43. The van der Waals surface area contributed by atoms with Crippen molar-refractivity contribution in [3.63, 3.8) is 0 Å². The molecule has 1 atom stereocenters. The van der Waals surface area contributed by atoms with Gasteiger partial charge in [-0.15, -0.1) is 0 Å². The fourth-order valence-electron chi connectivity index (χ4n) is 2.62. The van der Waals surface area contributed by atoms with Crippen LogP contribution in [-0.4, -0.2) is 41.7 Å². The molecule has 0 radical (unpaired) electrons. The van der Waals surface area contributed by atoms with Crippen molar-refractivity contribution in [2.24, 2.45) is 0 Å². The van der Waals surface area contributed by atoms with Gasteiger partial charge in [-0.2, -0.15) is 0 Å². The lowest BCUT2D eigenvalue weighted by molar-refractivity contribution is 0.235. The third-order valence-corrected chi connectivity index (χ3v) is 3.73. The number of anilines is 1. The average molecular weight is 307 g/mol. The van der Waals surface area contributed by atoms with Gasteiger partial charge in [-0.05, 0) is 26.2 Å². The van der Waals surface area contributed by atoms with Crippen molar-refractivity contribution in [1.82, 2.24) is 20.6 Å². The van der Waals surface area contributed by atoms with Gasteiger partial charge in [0.25, 0.3) is 5.56 Å². The second kappa shape index (κ2) is 7.82. The number of aromatic nitrogens is 2. The number of aromatic amines is 1. The Morgan fingerprint density at radius 3 is 3.09 bits per heavy atom. The first-order valence-corrected chi connectivity index (χ1v) is 7.95. The SMILES string of the molecule is CCCCNC(=O)NC1CCCN(c2nc(C)cc(=O)[nH]2)C1. The maximum Gasteiger partial charge on any atom is 0.315 e. The lowest BCUT2D eigenvalue weighted by Crippen LogP contribution is -2.51. The van der Waals surface area contributed by atoms with Gasteiger partial charge in [0.15, 0.2) is 0 Å². The molecule has 7 heteroatoms. The summed E-state index contributed by atoms with van der Waals surface area (Å²) in [5.41, 5.74) is 0.557. The van der Waals surface area contributed by atoms with Crippen molar-refractivity contribution in [2.45, 2.75) is 45.6 Å². The minimum atomic E-state index is -0.144. The van der Waals surface area contributed by atoms with Gasteiger partial charge >= 0.3 is 6.03 Å². The van der Waals surface area contributed by atoms with E-state index < -0.39 is 0 Å². The molecule has 1 unspecified atom stereocenters. The van der Waals surface area contributed by atoms with E-state index >= 15 is 0 Å². The first-order valence-electron chi connectivity index (χ1n) is 7.95. The van der Waals surface area contributed by atoms with Crippen molar-refractivity contribution in [3.8, 4) is 0 Å². The number of hydrogen-bond acceptors (Lipinski definition) is 4. The van der Waals surface area contributed by atoms with E-state index in [1.807, 2.05) is 4.90 Å². The normalized spacial score (nSPS) is 18.1. The van der Waals surface area contributed by atoms with Crippen LogP contribution in [0.3, 0.4) is 0 Å². The summed E-state index contributed by atoms with van der Waals surface area (Å²) in [5, 5.41) is 5.86. The molecular weight excluding hydrogens is 282 g/mol. The quantitative estimate of drug-likeness (QED) is 0.712. The molecule has 22 heavy (non-hydrogen) atoms. The molecule has 0 aromatic carbocycles. The van der Waals surface area contributed by atoms with E-state index in [2.05, 4.69) is 27.5 Å². The molecule has 2 amide bonds. The first kappa shape index (κ1) is 16.3. The molecule has 122 valence electrons. The Hall–Kier alpha value is -2.05. The Kier molecular flexibility index (Phi) is 5.80. The maximum atomic E-state index is 11.8. The number of nitrogens with one attached hydrogen (secondary N) is 3. The fourth-order valence-corrected chi connectivity index (χ4v) is 2.62. The van der Waals surface area contributed by atoms with Gasteiger partial charge in [0.05, 0.1) is 0 Å².